The van der Waals surface area contributed by atoms with Crippen LogP contribution in [0.5, 0.6) is 0 Å². The summed E-state index contributed by atoms with van der Waals surface area (Å²) in [6, 6.07) is 27.4. The van der Waals surface area contributed by atoms with Gasteiger partial charge < -0.3 is 20.6 Å². The monoisotopic (exact) mass is 534 g/mol. The highest BCUT2D eigenvalue weighted by Gasteiger charge is 2.28. The molecule has 40 heavy (non-hydrogen) atoms. The van der Waals surface area contributed by atoms with Gasteiger partial charge in [-0.25, -0.2) is 0 Å². The molecule has 4 N–H and O–H groups in total. The lowest BCUT2D eigenvalue weighted by Crippen LogP contribution is -2.50. The smallest absolute Gasteiger partial charge is 0.239 e. The van der Waals surface area contributed by atoms with Crippen LogP contribution in [0.25, 0.3) is 10.9 Å². The van der Waals surface area contributed by atoms with Crippen LogP contribution in [0, 0.1) is 0 Å². The van der Waals surface area contributed by atoms with Crippen LogP contribution in [0.15, 0.2) is 85.1 Å². The van der Waals surface area contributed by atoms with Crippen molar-refractivity contribution in [3.8, 4) is 0 Å². The van der Waals surface area contributed by atoms with Crippen molar-refractivity contribution >= 4 is 16.8 Å². The molecule has 1 amide bonds. The molecule has 0 aliphatic heterocycles. The third kappa shape index (κ3) is 6.15. The van der Waals surface area contributed by atoms with Gasteiger partial charge in [0.15, 0.2) is 0 Å². The summed E-state index contributed by atoms with van der Waals surface area (Å²) in [5, 5.41) is 13.7. The normalized spacial score (nSPS) is 12.5. The number of fused-ring (bicyclic) bond motifs is 1. The molecule has 7 nitrogen and oxygen atoms in total. The average molecular weight is 535 g/mol. The molecule has 0 aliphatic rings. The summed E-state index contributed by atoms with van der Waals surface area (Å²) in [7, 11) is 0. The van der Waals surface area contributed by atoms with Gasteiger partial charge in [-0.3, -0.25) is 4.79 Å². The minimum Gasteiger partial charge on any atom is -0.361 e. The number of H-pyrrole nitrogens is 1. The highest BCUT2D eigenvalue weighted by molar-refractivity contribution is 5.86. The van der Waals surface area contributed by atoms with Crippen LogP contribution >= 0.6 is 0 Å². The van der Waals surface area contributed by atoms with Crippen LogP contribution in [-0.4, -0.2) is 37.7 Å². The van der Waals surface area contributed by atoms with Crippen LogP contribution in [-0.2, 0) is 30.6 Å². The van der Waals surface area contributed by atoms with Gasteiger partial charge in [-0.15, -0.1) is 10.2 Å². The minimum absolute atomic E-state index is 0.206. The Labute approximate surface area is 235 Å². The number of amides is 1. The van der Waals surface area contributed by atoms with Crippen LogP contribution in [0.2, 0.25) is 0 Å². The molecule has 0 saturated heterocycles. The third-order valence-electron chi connectivity index (χ3n) is 7.47. The van der Waals surface area contributed by atoms with Gasteiger partial charge in [0.05, 0.1) is 18.0 Å². The Hall–Kier alpha value is -4.23. The van der Waals surface area contributed by atoms with Gasteiger partial charge in [0.1, 0.15) is 11.6 Å². The number of hydrogen-bond acceptors (Lipinski definition) is 4. The SMILES string of the molecule is CCc1ccc(Cn2c(CCc3ccccc3)nnc2[C@@H](CNC(=O)C(C)(C)N)c2c[nH]c3ccccc23)cc1. The van der Waals surface area contributed by atoms with E-state index in [1.165, 1.54) is 16.7 Å². The van der Waals surface area contributed by atoms with E-state index in [0.29, 0.717) is 13.1 Å². The molecule has 2 aromatic heterocycles. The van der Waals surface area contributed by atoms with Crippen LogP contribution in [0.3, 0.4) is 0 Å². The number of nitrogens with one attached hydrogen (secondary N) is 2. The van der Waals surface area contributed by atoms with E-state index in [1.54, 1.807) is 13.8 Å². The van der Waals surface area contributed by atoms with Gasteiger partial charge in [-0.2, -0.15) is 0 Å². The number of aromatic nitrogens is 4. The second kappa shape index (κ2) is 11.9. The summed E-state index contributed by atoms with van der Waals surface area (Å²) in [6.07, 6.45) is 4.64. The van der Waals surface area contributed by atoms with Crippen LogP contribution in [0.1, 0.15) is 60.6 Å². The summed E-state index contributed by atoms with van der Waals surface area (Å²) < 4.78 is 2.23. The van der Waals surface area contributed by atoms with Crippen molar-refractivity contribution in [2.45, 2.75) is 58.0 Å². The standard InChI is InChI=1S/C33H38N6O/c1-4-23-14-16-25(17-15-23)22-39-30(19-18-24-10-6-5-7-11-24)37-38-31(39)28(21-36-32(40)33(2,3)34)27-20-35-29-13-9-8-12-26(27)29/h5-17,20,28,35H,4,18-19,21-22,34H2,1-3H3,(H,36,40)/t28-/m0/s1. The molecule has 0 spiro atoms. The van der Waals surface area contributed by atoms with Crippen LogP contribution in [0.4, 0.5) is 0 Å². The number of rotatable bonds is 11. The van der Waals surface area contributed by atoms with E-state index >= 15 is 0 Å². The molecule has 0 fully saturated rings. The van der Waals surface area contributed by atoms with Gasteiger partial charge in [-0.1, -0.05) is 79.7 Å². The molecule has 0 aliphatic carbocycles. The predicted molar refractivity (Wildman–Crippen MR) is 160 cm³/mol. The Morgan fingerprint density at radius 2 is 1.62 bits per heavy atom. The molecule has 0 unspecified atom stereocenters. The van der Waals surface area contributed by atoms with Crippen molar-refractivity contribution in [2.75, 3.05) is 6.54 Å². The molecule has 206 valence electrons. The zero-order valence-corrected chi connectivity index (χ0v) is 23.5. The zero-order valence-electron chi connectivity index (χ0n) is 23.5. The maximum absolute atomic E-state index is 12.8. The molecule has 2 heterocycles. The first kappa shape index (κ1) is 27.3. The fourth-order valence-electron chi connectivity index (χ4n) is 5.07. The highest BCUT2D eigenvalue weighted by atomic mass is 16.2. The van der Waals surface area contributed by atoms with Gasteiger partial charge in [0.25, 0.3) is 0 Å². The average Bonchev–Trinajstić information content (AvgIpc) is 3.57. The molecule has 3 aromatic carbocycles. The van der Waals surface area contributed by atoms with E-state index in [2.05, 4.69) is 82.5 Å². The summed E-state index contributed by atoms with van der Waals surface area (Å²) in [6.45, 7) is 6.59. The lowest BCUT2D eigenvalue weighted by molar-refractivity contribution is -0.125. The van der Waals surface area contributed by atoms with Crippen LogP contribution < -0.4 is 11.1 Å². The van der Waals surface area contributed by atoms with Crippen molar-refractivity contribution in [1.82, 2.24) is 25.1 Å². The first-order valence-corrected chi connectivity index (χ1v) is 14.0. The van der Waals surface area contributed by atoms with E-state index in [0.717, 1.165) is 47.4 Å². The Morgan fingerprint density at radius 1 is 0.925 bits per heavy atom. The number of carbonyl (C=O) groups excluding carboxylic acids is 1. The summed E-state index contributed by atoms with van der Waals surface area (Å²) >= 11 is 0. The number of aromatic amines is 1. The van der Waals surface area contributed by atoms with Gasteiger partial charge >= 0.3 is 0 Å². The molecule has 5 aromatic rings. The van der Waals surface area contributed by atoms with E-state index in [4.69, 9.17) is 15.9 Å². The summed E-state index contributed by atoms with van der Waals surface area (Å²) in [5.41, 5.74) is 11.0. The molecular weight excluding hydrogens is 496 g/mol. The van der Waals surface area contributed by atoms with Crippen molar-refractivity contribution in [1.29, 1.82) is 0 Å². The minimum atomic E-state index is -0.986. The molecule has 7 heteroatoms. The Bertz CT molecular complexity index is 1560. The molecular formula is C33H38N6O. The molecule has 0 radical (unpaired) electrons. The quantitative estimate of drug-likeness (QED) is 0.218. The lowest BCUT2D eigenvalue weighted by Gasteiger charge is -2.23. The number of carbonyl (C=O) groups is 1. The summed E-state index contributed by atoms with van der Waals surface area (Å²) in [4.78, 5) is 16.2. The number of aryl methyl sites for hydroxylation is 3. The molecule has 5 rings (SSSR count). The van der Waals surface area contributed by atoms with E-state index < -0.39 is 5.54 Å². The van der Waals surface area contributed by atoms with Crippen molar-refractivity contribution in [2.24, 2.45) is 5.73 Å². The number of nitrogens with zero attached hydrogens (tertiary/aromatic N) is 3. The van der Waals surface area contributed by atoms with Crippen molar-refractivity contribution < 1.29 is 4.79 Å². The second-order valence-corrected chi connectivity index (χ2v) is 11.0. The maximum Gasteiger partial charge on any atom is 0.239 e. The largest absolute Gasteiger partial charge is 0.361 e. The number of para-hydroxylation sites is 1. The fraction of sp³-hybridized carbons (Fsp3) is 0.303. The van der Waals surface area contributed by atoms with Crippen molar-refractivity contribution in [3.63, 3.8) is 0 Å². The second-order valence-electron chi connectivity index (χ2n) is 11.0. The summed E-state index contributed by atoms with van der Waals surface area (Å²) in [5.74, 6) is 1.31. The zero-order chi connectivity index (χ0) is 28.1. The third-order valence-corrected chi connectivity index (χ3v) is 7.47. The molecule has 0 saturated carbocycles. The molecule has 1 atom stereocenters. The Morgan fingerprint density at radius 3 is 2.35 bits per heavy atom. The number of hydrogen-bond donors (Lipinski definition) is 3. The molecule has 0 bridgehead atoms. The first-order valence-electron chi connectivity index (χ1n) is 14.0. The highest BCUT2D eigenvalue weighted by Crippen LogP contribution is 2.31. The first-order chi connectivity index (χ1) is 19.3. The van der Waals surface area contributed by atoms with E-state index in [9.17, 15) is 4.79 Å². The topological polar surface area (TPSA) is 102 Å². The predicted octanol–water partition coefficient (Wildman–Crippen LogP) is 5.14. The Kier molecular flexibility index (Phi) is 8.12. The van der Waals surface area contributed by atoms with Gasteiger partial charge in [0, 0.05) is 30.1 Å². The maximum atomic E-state index is 12.8. The van der Waals surface area contributed by atoms with E-state index in [1.807, 2.05) is 24.4 Å². The Balaban J connectivity index is 1.56. The van der Waals surface area contributed by atoms with Gasteiger partial charge in [-0.05, 0) is 55.0 Å². The lowest BCUT2D eigenvalue weighted by atomic mass is 9.96. The van der Waals surface area contributed by atoms with Gasteiger partial charge in [0.2, 0.25) is 5.91 Å². The van der Waals surface area contributed by atoms with E-state index in [-0.39, 0.29) is 11.8 Å². The number of nitrogens with two attached hydrogens (primary N) is 1. The van der Waals surface area contributed by atoms with Crippen molar-refractivity contribution in [3.05, 3.63) is 119 Å². The number of benzene rings is 3. The fourth-order valence-corrected chi connectivity index (χ4v) is 5.07.